The molecular weight excluding hydrogens is 400 g/mol. The van der Waals surface area contributed by atoms with Gasteiger partial charge in [-0.15, -0.1) is 0 Å². The number of β-amino-alcohol motifs (C(OH)–C–C–N with tert-alkyl or cyclic N) is 1. The molecule has 1 aliphatic rings. The van der Waals surface area contributed by atoms with Crippen molar-refractivity contribution < 1.29 is 9.63 Å². The molecule has 6 nitrogen and oxygen atoms in total. The number of piperidine rings is 1. The van der Waals surface area contributed by atoms with Crippen molar-refractivity contribution in [2.75, 3.05) is 18.0 Å². The fourth-order valence-electron chi connectivity index (χ4n) is 4.03. The van der Waals surface area contributed by atoms with Crippen LogP contribution in [0.25, 0.3) is 33.4 Å². The summed E-state index contributed by atoms with van der Waals surface area (Å²) in [5.74, 6) is 1.07. The summed E-state index contributed by atoms with van der Waals surface area (Å²) in [5.41, 5.74) is 3.91. The number of para-hydroxylation sites is 1. The summed E-state index contributed by atoms with van der Waals surface area (Å²) in [6.07, 6.45) is 3.86. The van der Waals surface area contributed by atoms with Gasteiger partial charge in [0.15, 0.2) is 5.58 Å². The first kappa shape index (κ1) is 19.0. The average Bonchev–Trinajstić information content (AvgIpc) is 3.20. The van der Waals surface area contributed by atoms with E-state index in [1.54, 1.807) is 12.5 Å². The first-order chi connectivity index (χ1) is 14.6. The van der Waals surface area contributed by atoms with Crippen LogP contribution in [-0.2, 0) is 0 Å². The van der Waals surface area contributed by atoms with Gasteiger partial charge >= 0.3 is 0 Å². The van der Waals surface area contributed by atoms with Gasteiger partial charge < -0.3 is 14.5 Å². The van der Waals surface area contributed by atoms with E-state index in [2.05, 4.69) is 26.9 Å². The highest BCUT2D eigenvalue weighted by atomic mass is 35.5. The third kappa shape index (κ3) is 3.22. The van der Waals surface area contributed by atoms with Crippen LogP contribution in [0.5, 0.6) is 0 Å². The molecule has 2 aromatic carbocycles. The van der Waals surface area contributed by atoms with Crippen molar-refractivity contribution in [2.24, 2.45) is 5.92 Å². The molecule has 1 N–H and O–H groups in total. The van der Waals surface area contributed by atoms with Crippen molar-refractivity contribution in [3.8, 4) is 22.4 Å². The van der Waals surface area contributed by atoms with Crippen LogP contribution in [0.15, 0.2) is 59.5 Å². The lowest BCUT2D eigenvalue weighted by Crippen LogP contribution is -2.43. The van der Waals surface area contributed by atoms with Crippen LogP contribution in [0.3, 0.4) is 0 Å². The molecule has 0 radical (unpaired) electrons. The number of anilines is 1. The number of benzene rings is 2. The maximum Gasteiger partial charge on any atom is 0.175 e. The minimum atomic E-state index is -0.380. The van der Waals surface area contributed by atoms with E-state index in [-0.39, 0.29) is 12.0 Å². The molecule has 1 fully saturated rings. The second-order valence-electron chi connectivity index (χ2n) is 7.73. The zero-order valence-corrected chi connectivity index (χ0v) is 17.3. The number of hydrogen-bond acceptors (Lipinski definition) is 6. The molecule has 2 atom stereocenters. The van der Waals surface area contributed by atoms with Crippen LogP contribution in [0.1, 0.15) is 13.3 Å². The number of aliphatic hydroxyl groups is 1. The summed E-state index contributed by atoms with van der Waals surface area (Å²) in [6.45, 7) is 3.45. The highest BCUT2D eigenvalue weighted by Gasteiger charge is 2.27. The van der Waals surface area contributed by atoms with E-state index in [0.717, 1.165) is 40.9 Å². The molecule has 7 heteroatoms. The van der Waals surface area contributed by atoms with Crippen molar-refractivity contribution in [3.05, 3.63) is 60.0 Å². The molecule has 3 heterocycles. The summed E-state index contributed by atoms with van der Waals surface area (Å²) in [7, 11) is 0. The van der Waals surface area contributed by atoms with Crippen LogP contribution in [0.4, 0.5) is 5.82 Å². The Balaban J connectivity index is 1.63. The van der Waals surface area contributed by atoms with Gasteiger partial charge in [0.25, 0.3) is 0 Å². The number of aliphatic hydroxyl groups excluding tert-OH is 1. The zero-order chi connectivity index (χ0) is 20.7. The normalized spacial score (nSPS) is 19.4. The summed E-state index contributed by atoms with van der Waals surface area (Å²) in [6, 6.07) is 13.5. The van der Waals surface area contributed by atoms with Crippen LogP contribution >= 0.6 is 11.6 Å². The number of hydrogen-bond donors (Lipinski definition) is 1. The fourth-order valence-corrected chi connectivity index (χ4v) is 4.25. The van der Waals surface area contributed by atoms with Crippen molar-refractivity contribution >= 4 is 28.4 Å². The van der Waals surface area contributed by atoms with Gasteiger partial charge in [0.1, 0.15) is 17.8 Å². The number of rotatable bonds is 3. The Kier molecular flexibility index (Phi) is 4.89. The van der Waals surface area contributed by atoms with E-state index in [9.17, 15) is 5.11 Å². The Labute approximate surface area is 179 Å². The second-order valence-corrected chi connectivity index (χ2v) is 8.14. The van der Waals surface area contributed by atoms with Gasteiger partial charge in [0.05, 0.1) is 16.5 Å². The maximum absolute atomic E-state index is 10.4. The predicted molar refractivity (Wildman–Crippen MR) is 117 cm³/mol. The first-order valence-electron chi connectivity index (χ1n) is 10.00. The molecule has 0 saturated carbocycles. The van der Waals surface area contributed by atoms with Gasteiger partial charge in [-0.05, 0) is 24.5 Å². The van der Waals surface area contributed by atoms with Crippen molar-refractivity contribution in [3.63, 3.8) is 0 Å². The fraction of sp³-hybridized carbons (Fsp3) is 0.261. The summed E-state index contributed by atoms with van der Waals surface area (Å²) >= 11 is 6.39. The van der Waals surface area contributed by atoms with Gasteiger partial charge in [-0.1, -0.05) is 54.0 Å². The Morgan fingerprint density at radius 3 is 2.77 bits per heavy atom. The second kappa shape index (κ2) is 7.70. The van der Waals surface area contributed by atoms with E-state index >= 15 is 0 Å². The predicted octanol–water partition coefficient (Wildman–Crippen LogP) is 4.81. The molecule has 1 saturated heterocycles. The topological polar surface area (TPSA) is 75.3 Å². The number of fused-ring (bicyclic) bond motifs is 1. The number of aromatic nitrogens is 3. The van der Waals surface area contributed by atoms with Crippen LogP contribution < -0.4 is 4.90 Å². The SMILES string of the molecule is C[C@H]1CCN(c2ncncc2-c2cccc3c(-c4ccccc4Cl)noc23)C[C@@H]1O. The lowest BCUT2D eigenvalue weighted by molar-refractivity contribution is 0.102. The molecule has 2 aromatic heterocycles. The minimum absolute atomic E-state index is 0.280. The molecule has 30 heavy (non-hydrogen) atoms. The lowest BCUT2D eigenvalue weighted by Gasteiger charge is -2.35. The highest BCUT2D eigenvalue weighted by molar-refractivity contribution is 6.33. The average molecular weight is 421 g/mol. The maximum atomic E-state index is 10.4. The third-order valence-corrected chi connectivity index (χ3v) is 6.16. The molecule has 152 valence electrons. The van der Waals surface area contributed by atoms with E-state index in [4.69, 9.17) is 16.1 Å². The van der Waals surface area contributed by atoms with E-state index in [0.29, 0.717) is 22.8 Å². The van der Waals surface area contributed by atoms with Crippen LogP contribution in [0, 0.1) is 5.92 Å². The summed E-state index contributed by atoms with van der Waals surface area (Å²) in [5, 5.41) is 16.2. The molecule has 0 unspecified atom stereocenters. The molecule has 4 aromatic rings. The standard InChI is InChI=1S/C23H21ClN4O2/c1-14-9-10-28(12-20(14)29)23-18(11-25-13-26-23)15-6-4-7-17-21(27-30-22(15)17)16-5-2-3-8-19(16)24/h2-8,11,13-14,20,29H,9-10,12H2,1H3/t14-,20-/m0/s1. The third-order valence-electron chi connectivity index (χ3n) is 5.83. The molecule has 1 aliphatic heterocycles. The molecule has 0 bridgehead atoms. The lowest BCUT2D eigenvalue weighted by atomic mass is 9.95. The van der Waals surface area contributed by atoms with E-state index in [1.165, 1.54) is 0 Å². The number of nitrogens with zero attached hydrogens (tertiary/aromatic N) is 4. The number of halogens is 1. The van der Waals surface area contributed by atoms with Gasteiger partial charge in [-0.3, -0.25) is 0 Å². The molecule has 0 amide bonds. The van der Waals surface area contributed by atoms with E-state index < -0.39 is 0 Å². The first-order valence-corrected chi connectivity index (χ1v) is 10.4. The van der Waals surface area contributed by atoms with Gasteiger partial charge in [-0.2, -0.15) is 0 Å². The minimum Gasteiger partial charge on any atom is -0.391 e. The Morgan fingerprint density at radius 1 is 1.10 bits per heavy atom. The molecule has 5 rings (SSSR count). The van der Waals surface area contributed by atoms with E-state index in [1.807, 2.05) is 42.5 Å². The van der Waals surface area contributed by atoms with Crippen molar-refractivity contribution in [1.82, 2.24) is 15.1 Å². The Morgan fingerprint density at radius 2 is 1.93 bits per heavy atom. The molecule has 0 spiro atoms. The molecular formula is C23H21ClN4O2. The van der Waals surface area contributed by atoms with Crippen molar-refractivity contribution in [1.29, 1.82) is 0 Å². The quantitative estimate of drug-likeness (QED) is 0.512. The zero-order valence-electron chi connectivity index (χ0n) is 16.5. The summed E-state index contributed by atoms with van der Waals surface area (Å²) in [4.78, 5) is 10.9. The van der Waals surface area contributed by atoms with Crippen LogP contribution in [-0.4, -0.2) is 39.4 Å². The van der Waals surface area contributed by atoms with Gasteiger partial charge in [0, 0.05) is 36.0 Å². The smallest absolute Gasteiger partial charge is 0.175 e. The summed E-state index contributed by atoms with van der Waals surface area (Å²) < 4.78 is 5.79. The van der Waals surface area contributed by atoms with Gasteiger partial charge in [0.2, 0.25) is 0 Å². The Bertz CT molecular complexity index is 1210. The van der Waals surface area contributed by atoms with Gasteiger partial charge in [-0.25, -0.2) is 9.97 Å². The highest BCUT2D eigenvalue weighted by Crippen LogP contribution is 2.39. The monoisotopic (exact) mass is 420 g/mol. The Hall–Kier alpha value is -2.96. The molecule has 0 aliphatic carbocycles. The van der Waals surface area contributed by atoms with Crippen molar-refractivity contribution in [2.45, 2.75) is 19.4 Å². The van der Waals surface area contributed by atoms with Crippen LogP contribution in [0.2, 0.25) is 5.02 Å². The largest absolute Gasteiger partial charge is 0.391 e.